The average Bonchev–Trinajstić information content (AvgIpc) is 2.65. The van der Waals surface area contributed by atoms with Crippen molar-refractivity contribution in [2.24, 2.45) is 0 Å². The van der Waals surface area contributed by atoms with E-state index in [0.29, 0.717) is 17.9 Å². The van der Waals surface area contributed by atoms with Crippen molar-refractivity contribution in [2.45, 2.75) is 38.3 Å². The van der Waals surface area contributed by atoms with Crippen LogP contribution in [0.15, 0.2) is 53.4 Å². The predicted octanol–water partition coefficient (Wildman–Crippen LogP) is 3.04. The van der Waals surface area contributed by atoms with Crippen molar-refractivity contribution in [1.29, 1.82) is 0 Å². The van der Waals surface area contributed by atoms with Crippen LogP contribution in [-0.2, 0) is 16.6 Å². The fourth-order valence-corrected chi connectivity index (χ4v) is 4.01. The van der Waals surface area contributed by atoms with Gasteiger partial charge in [-0.2, -0.15) is 4.31 Å². The Hall–Kier alpha value is -2.38. The van der Waals surface area contributed by atoms with Crippen molar-refractivity contribution >= 4 is 15.9 Å². The first kappa shape index (κ1) is 20.9. The molecule has 0 aliphatic carbocycles. The van der Waals surface area contributed by atoms with Crippen molar-refractivity contribution in [3.8, 4) is 5.75 Å². The highest BCUT2D eigenvalue weighted by molar-refractivity contribution is 7.89. The van der Waals surface area contributed by atoms with E-state index in [-0.39, 0.29) is 23.4 Å². The number of benzene rings is 2. The average molecular weight is 391 g/mol. The van der Waals surface area contributed by atoms with Crippen LogP contribution in [0.5, 0.6) is 5.75 Å². The molecule has 146 valence electrons. The van der Waals surface area contributed by atoms with E-state index in [4.69, 9.17) is 4.74 Å². The quantitative estimate of drug-likeness (QED) is 0.752. The normalized spacial score (nSPS) is 11.6. The molecule has 0 aromatic heterocycles. The molecular weight excluding hydrogens is 364 g/mol. The molecule has 2 rings (SSSR count). The Kier molecular flexibility index (Phi) is 6.98. The standard InChI is InChI=1S/C20H26N2O4S/c1-5-22(27(24,25)19-12-10-18(26-4)11-13-19)14-16-6-8-17(9-7-16)20(23)21-15(2)3/h6-13,15H,5,14H2,1-4H3,(H,21,23). The Bertz CT molecular complexity index is 860. The SMILES string of the molecule is CCN(Cc1ccc(C(=O)NC(C)C)cc1)S(=O)(=O)c1ccc(OC)cc1. The summed E-state index contributed by atoms with van der Waals surface area (Å²) < 4.78 is 32.2. The van der Waals surface area contributed by atoms with E-state index in [0.717, 1.165) is 5.56 Å². The summed E-state index contributed by atoms with van der Waals surface area (Å²) in [6.45, 7) is 6.16. The number of amides is 1. The second kappa shape index (κ2) is 9.01. The van der Waals surface area contributed by atoms with Crippen molar-refractivity contribution in [3.63, 3.8) is 0 Å². The maximum Gasteiger partial charge on any atom is 0.251 e. The van der Waals surface area contributed by atoms with Crippen molar-refractivity contribution < 1.29 is 17.9 Å². The lowest BCUT2D eigenvalue weighted by Gasteiger charge is -2.21. The van der Waals surface area contributed by atoms with Gasteiger partial charge in [-0.3, -0.25) is 4.79 Å². The topological polar surface area (TPSA) is 75.7 Å². The van der Waals surface area contributed by atoms with Crippen LogP contribution in [0.4, 0.5) is 0 Å². The van der Waals surface area contributed by atoms with Gasteiger partial charge in [-0.05, 0) is 55.8 Å². The van der Waals surface area contributed by atoms with E-state index in [1.807, 2.05) is 13.8 Å². The molecule has 0 aliphatic heterocycles. The number of rotatable bonds is 8. The molecule has 0 aliphatic rings. The third-order valence-electron chi connectivity index (χ3n) is 4.04. The van der Waals surface area contributed by atoms with Crippen molar-refractivity contribution in [2.75, 3.05) is 13.7 Å². The summed E-state index contributed by atoms with van der Waals surface area (Å²) in [5, 5.41) is 2.83. The van der Waals surface area contributed by atoms with Gasteiger partial charge in [-0.25, -0.2) is 8.42 Å². The highest BCUT2D eigenvalue weighted by Gasteiger charge is 2.23. The molecule has 2 aromatic rings. The van der Waals surface area contributed by atoms with Crippen LogP contribution >= 0.6 is 0 Å². The number of hydrogen-bond acceptors (Lipinski definition) is 4. The summed E-state index contributed by atoms with van der Waals surface area (Å²) in [5.74, 6) is 0.460. The molecule has 27 heavy (non-hydrogen) atoms. The molecule has 1 amide bonds. The molecule has 1 N–H and O–H groups in total. The van der Waals surface area contributed by atoms with Crippen LogP contribution in [0.25, 0.3) is 0 Å². The lowest BCUT2D eigenvalue weighted by molar-refractivity contribution is 0.0943. The lowest BCUT2D eigenvalue weighted by Crippen LogP contribution is -2.31. The Morgan fingerprint density at radius 3 is 2.15 bits per heavy atom. The van der Waals surface area contributed by atoms with E-state index < -0.39 is 10.0 Å². The molecule has 7 heteroatoms. The molecule has 0 radical (unpaired) electrons. The molecule has 0 saturated heterocycles. The van der Waals surface area contributed by atoms with Crippen molar-refractivity contribution in [3.05, 3.63) is 59.7 Å². The Labute approximate surface area is 161 Å². The van der Waals surface area contributed by atoms with Crippen LogP contribution in [0, 0.1) is 0 Å². The molecule has 0 atom stereocenters. The van der Waals surface area contributed by atoms with Gasteiger partial charge < -0.3 is 10.1 Å². The summed E-state index contributed by atoms with van der Waals surface area (Å²) >= 11 is 0. The molecule has 0 fully saturated rings. The summed E-state index contributed by atoms with van der Waals surface area (Å²) in [4.78, 5) is 12.2. The lowest BCUT2D eigenvalue weighted by atomic mass is 10.1. The van der Waals surface area contributed by atoms with Crippen molar-refractivity contribution in [1.82, 2.24) is 9.62 Å². The highest BCUT2D eigenvalue weighted by Crippen LogP contribution is 2.21. The van der Waals surface area contributed by atoms with Gasteiger partial charge in [0.15, 0.2) is 0 Å². The number of nitrogens with one attached hydrogen (secondary N) is 1. The largest absolute Gasteiger partial charge is 0.497 e. The van der Waals surface area contributed by atoms with Gasteiger partial charge in [-0.1, -0.05) is 19.1 Å². The zero-order valence-corrected chi connectivity index (χ0v) is 16.9. The van der Waals surface area contributed by atoms with Crippen LogP contribution in [0.1, 0.15) is 36.7 Å². The molecule has 0 unspecified atom stereocenters. The number of nitrogens with zero attached hydrogens (tertiary/aromatic N) is 1. The smallest absolute Gasteiger partial charge is 0.251 e. The van der Waals surface area contributed by atoms with Gasteiger partial charge in [0, 0.05) is 24.7 Å². The van der Waals surface area contributed by atoms with Crippen LogP contribution in [0.3, 0.4) is 0 Å². The van der Waals surface area contributed by atoms with Crippen LogP contribution < -0.4 is 10.1 Å². The van der Waals surface area contributed by atoms with Crippen LogP contribution in [0.2, 0.25) is 0 Å². The maximum atomic E-state index is 12.9. The fraction of sp³-hybridized carbons (Fsp3) is 0.350. The molecule has 2 aromatic carbocycles. The summed E-state index contributed by atoms with van der Waals surface area (Å²) in [6.07, 6.45) is 0. The van der Waals surface area contributed by atoms with Gasteiger partial charge in [0.25, 0.3) is 5.91 Å². The summed E-state index contributed by atoms with van der Waals surface area (Å²) in [7, 11) is -2.08. The first-order valence-electron chi connectivity index (χ1n) is 8.82. The third-order valence-corrected chi connectivity index (χ3v) is 5.98. The maximum absolute atomic E-state index is 12.9. The highest BCUT2D eigenvalue weighted by atomic mass is 32.2. The second-order valence-corrected chi connectivity index (χ2v) is 8.37. The Morgan fingerprint density at radius 2 is 1.67 bits per heavy atom. The number of carbonyl (C=O) groups excluding carboxylic acids is 1. The number of methoxy groups -OCH3 is 1. The second-order valence-electron chi connectivity index (χ2n) is 6.43. The van der Waals surface area contributed by atoms with Gasteiger partial charge >= 0.3 is 0 Å². The predicted molar refractivity (Wildman–Crippen MR) is 105 cm³/mol. The summed E-state index contributed by atoms with van der Waals surface area (Å²) in [5.41, 5.74) is 1.36. The van der Waals surface area contributed by atoms with E-state index in [1.165, 1.54) is 23.5 Å². The molecule has 6 nitrogen and oxygen atoms in total. The van der Waals surface area contributed by atoms with E-state index in [9.17, 15) is 13.2 Å². The third kappa shape index (κ3) is 5.30. The van der Waals surface area contributed by atoms with E-state index >= 15 is 0 Å². The first-order valence-corrected chi connectivity index (χ1v) is 10.3. The molecule has 0 spiro atoms. The number of sulfonamides is 1. The molecule has 0 heterocycles. The monoisotopic (exact) mass is 390 g/mol. The summed E-state index contributed by atoms with van der Waals surface area (Å²) in [6, 6.07) is 13.4. The minimum Gasteiger partial charge on any atom is -0.497 e. The van der Waals surface area contributed by atoms with E-state index in [2.05, 4.69) is 5.32 Å². The first-order chi connectivity index (χ1) is 12.8. The molecular formula is C20H26N2O4S. The number of ether oxygens (including phenoxy) is 1. The minimum absolute atomic E-state index is 0.0578. The molecule has 0 saturated carbocycles. The Balaban J connectivity index is 2.16. The zero-order valence-electron chi connectivity index (χ0n) is 16.1. The number of carbonyl (C=O) groups is 1. The van der Waals surface area contributed by atoms with E-state index in [1.54, 1.807) is 43.3 Å². The van der Waals surface area contributed by atoms with Gasteiger partial charge in [-0.15, -0.1) is 0 Å². The zero-order chi connectivity index (χ0) is 20.0. The van der Waals surface area contributed by atoms with Crippen LogP contribution in [-0.4, -0.2) is 38.3 Å². The van der Waals surface area contributed by atoms with Gasteiger partial charge in [0.05, 0.1) is 12.0 Å². The van der Waals surface area contributed by atoms with Gasteiger partial charge in [0.2, 0.25) is 10.0 Å². The minimum atomic E-state index is -3.62. The molecule has 0 bridgehead atoms. The Morgan fingerprint density at radius 1 is 1.07 bits per heavy atom. The fourth-order valence-electron chi connectivity index (χ4n) is 2.57. The van der Waals surface area contributed by atoms with Gasteiger partial charge in [0.1, 0.15) is 5.75 Å². The number of hydrogen-bond donors (Lipinski definition) is 1.